The first-order valence-corrected chi connectivity index (χ1v) is 10.9. The molecule has 1 aliphatic heterocycles. The largest absolute Gasteiger partial charge is 0.321 e. The number of nitrogens with zero attached hydrogens (tertiary/aromatic N) is 3. The summed E-state index contributed by atoms with van der Waals surface area (Å²) < 4.78 is 0. The monoisotopic (exact) mass is 400 g/mol. The van der Waals surface area contributed by atoms with Gasteiger partial charge in [0.15, 0.2) is 11.5 Å². The van der Waals surface area contributed by atoms with Gasteiger partial charge in [-0.3, -0.25) is 5.10 Å². The molecule has 0 saturated carbocycles. The van der Waals surface area contributed by atoms with E-state index in [1.807, 2.05) is 12.3 Å². The number of imidazole rings is 1. The van der Waals surface area contributed by atoms with E-state index in [1.54, 1.807) is 11.3 Å². The molecule has 0 bridgehead atoms. The average Bonchev–Trinajstić information content (AvgIpc) is 3.52. The lowest BCUT2D eigenvalue weighted by Gasteiger charge is -2.23. The quantitative estimate of drug-likeness (QED) is 0.410. The van der Waals surface area contributed by atoms with Crippen LogP contribution in [0.4, 0.5) is 0 Å². The number of aromatic amines is 2. The molecule has 1 aliphatic rings. The molecule has 4 aromatic heterocycles. The second-order valence-corrected chi connectivity index (χ2v) is 8.33. The van der Waals surface area contributed by atoms with Crippen molar-refractivity contribution in [2.24, 2.45) is 0 Å². The summed E-state index contributed by atoms with van der Waals surface area (Å²) in [6.45, 7) is 2.17. The van der Waals surface area contributed by atoms with Gasteiger partial charge >= 0.3 is 0 Å². The molecule has 0 spiro atoms. The standard InChI is InChI=1S/C22H20N6S/c1-2-18-17(11-14(1)13-3-7-23-8-4-13)20(28-27-18)22-25-19-16(15-6-10-29-12-15)5-9-24-21(19)26-22/h1-2,5-6,9-13,23H,3-4,7-8H2,(H,27,28)(H,24,25,26). The molecule has 29 heavy (non-hydrogen) atoms. The molecule has 3 N–H and O–H groups in total. The summed E-state index contributed by atoms with van der Waals surface area (Å²) in [5.74, 6) is 1.36. The predicted molar refractivity (Wildman–Crippen MR) is 117 cm³/mol. The number of H-pyrrole nitrogens is 2. The number of benzene rings is 1. The van der Waals surface area contributed by atoms with Gasteiger partial charge in [-0.15, -0.1) is 0 Å². The van der Waals surface area contributed by atoms with Crippen molar-refractivity contribution in [2.75, 3.05) is 13.1 Å². The Balaban J connectivity index is 1.48. The van der Waals surface area contributed by atoms with Crippen LogP contribution in [0.15, 0.2) is 47.3 Å². The Kier molecular flexibility index (Phi) is 3.95. The van der Waals surface area contributed by atoms with E-state index in [0.717, 1.165) is 52.2 Å². The van der Waals surface area contributed by atoms with Crippen LogP contribution >= 0.6 is 11.3 Å². The smallest absolute Gasteiger partial charge is 0.160 e. The molecule has 1 saturated heterocycles. The van der Waals surface area contributed by atoms with Crippen LogP contribution in [0.3, 0.4) is 0 Å². The Bertz CT molecular complexity index is 1290. The molecule has 0 radical (unpaired) electrons. The number of rotatable bonds is 3. The van der Waals surface area contributed by atoms with Crippen LogP contribution in [0.25, 0.3) is 44.7 Å². The minimum atomic E-state index is 0.603. The van der Waals surface area contributed by atoms with Crippen LogP contribution in [-0.4, -0.2) is 38.2 Å². The van der Waals surface area contributed by atoms with Crippen molar-refractivity contribution in [3.05, 3.63) is 52.9 Å². The number of aromatic nitrogens is 5. The maximum Gasteiger partial charge on any atom is 0.160 e. The third-order valence-electron chi connectivity index (χ3n) is 5.84. The van der Waals surface area contributed by atoms with E-state index in [-0.39, 0.29) is 0 Å². The molecule has 6 nitrogen and oxygen atoms in total. The van der Waals surface area contributed by atoms with E-state index in [4.69, 9.17) is 4.98 Å². The van der Waals surface area contributed by atoms with E-state index < -0.39 is 0 Å². The summed E-state index contributed by atoms with van der Waals surface area (Å²) in [7, 11) is 0. The molecule has 0 unspecified atom stereocenters. The number of hydrogen-bond acceptors (Lipinski definition) is 5. The highest BCUT2D eigenvalue weighted by Gasteiger charge is 2.19. The number of piperidine rings is 1. The Labute approximate surface area is 171 Å². The molecule has 7 heteroatoms. The lowest BCUT2D eigenvalue weighted by atomic mass is 9.89. The van der Waals surface area contributed by atoms with Crippen molar-refractivity contribution in [3.63, 3.8) is 0 Å². The third kappa shape index (κ3) is 2.85. The number of nitrogens with one attached hydrogen (secondary N) is 3. The molecule has 5 aromatic rings. The van der Waals surface area contributed by atoms with Gasteiger partial charge in [0.1, 0.15) is 11.2 Å². The van der Waals surface area contributed by atoms with Crippen LogP contribution in [0, 0.1) is 0 Å². The van der Waals surface area contributed by atoms with Crippen LogP contribution in [0.2, 0.25) is 0 Å². The highest BCUT2D eigenvalue weighted by Crippen LogP contribution is 2.33. The fraction of sp³-hybridized carbons (Fsp3) is 0.227. The lowest BCUT2D eigenvalue weighted by molar-refractivity contribution is 0.460. The predicted octanol–water partition coefficient (Wildman–Crippen LogP) is 4.70. The summed E-state index contributed by atoms with van der Waals surface area (Å²) in [5.41, 5.74) is 7.19. The van der Waals surface area contributed by atoms with Gasteiger partial charge in [0.05, 0.1) is 5.52 Å². The third-order valence-corrected chi connectivity index (χ3v) is 6.52. The van der Waals surface area contributed by atoms with E-state index in [1.165, 1.54) is 24.0 Å². The maximum absolute atomic E-state index is 4.90. The van der Waals surface area contributed by atoms with Crippen LogP contribution in [0.1, 0.15) is 24.3 Å². The molecular formula is C22H20N6S. The number of thiophene rings is 1. The van der Waals surface area contributed by atoms with Crippen molar-refractivity contribution in [1.29, 1.82) is 0 Å². The fourth-order valence-corrected chi connectivity index (χ4v) is 4.95. The van der Waals surface area contributed by atoms with Gasteiger partial charge in [0.25, 0.3) is 0 Å². The van der Waals surface area contributed by atoms with Gasteiger partial charge in [-0.05, 0) is 78.0 Å². The van der Waals surface area contributed by atoms with E-state index in [2.05, 4.69) is 60.5 Å². The Morgan fingerprint density at radius 3 is 2.86 bits per heavy atom. The molecule has 144 valence electrons. The zero-order chi connectivity index (χ0) is 19.2. The molecule has 1 fully saturated rings. The van der Waals surface area contributed by atoms with Crippen LogP contribution in [-0.2, 0) is 0 Å². The van der Waals surface area contributed by atoms with E-state index in [9.17, 15) is 0 Å². The van der Waals surface area contributed by atoms with Gasteiger partial charge in [-0.1, -0.05) is 6.07 Å². The summed E-state index contributed by atoms with van der Waals surface area (Å²) in [6.07, 6.45) is 4.18. The Hall–Kier alpha value is -3.03. The maximum atomic E-state index is 4.90. The highest BCUT2D eigenvalue weighted by atomic mass is 32.1. The van der Waals surface area contributed by atoms with Crippen molar-refractivity contribution in [3.8, 4) is 22.6 Å². The fourth-order valence-electron chi connectivity index (χ4n) is 4.29. The first-order chi connectivity index (χ1) is 14.4. The van der Waals surface area contributed by atoms with Crippen molar-refractivity contribution in [1.82, 2.24) is 30.5 Å². The van der Waals surface area contributed by atoms with E-state index >= 15 is 0 Å². The van der Waals surface area contributed by atoms with Gasteiger partial charge in [-0.2, -0.15) is 16.4 Å². The minimum absolute atomic E-state index is 0.603. The van der Waals surface area contributed by atoms with Gasteiger partial charge < -0.3 is 10.3 Å². The second-order valence-electron chi connectivity index (χ2n) is 7.55. The van der Waals surface area contributed by atoms with Gasteiger partial charge in [0, 0.05) is 17.1 Å². The molecule has 0 atom stereocenters. The topological polar surface area (TPSA) is 82.3 Å². The molecule has 1 aromatic carbocycles. The molecule has 6 rings (SSSR count). The minimum Gasteiger partial charge on any atom is -0.321 e. The summed E-state index contributed by atoms with van der Waals surface area (Å²) in [6, 6.07) is 10.8. The molecule has 0 amide bonds. The number of fused-ring (bicyclic) bond motifs is 2. The Morgan fingerprint density at radius 1 is 1.07 bits per heavy atom. The normalized spacial score (nSPS) is 15.4. The van der Waals surface area contributed by atoms with E-state index in [0.29, 0.717) is 5.92 Å². The summed E-state index contributed by atoms with van der Waals surface area (Å²) in [5, 5.41) is 16.5. The van der Waals surface area contributed by atoms with Gasteiger partial charge in [0.2, 0.25) is 0 Å². The molecule has 0 aliphatic carbocycles. The van der Waals surface area contributed by atoms with Crippen LogP contribution in [0.5, 0.6) is 0 Å². The number of hydrogen-bond donors (Lipinski definition) is 3. The summed E-state index contributed by atoms with van der Waals surface area (Å²) >= 11 is 1.68. The molecule has 5 heterocycles. The zero-order valence-electron chi connectivity index (χ0n) is 15.8. The second kappa shape index (κ2) is 6.79. The van der Waals surface area contributed by atoms with Crippen molar-refractivity contribution >= 4 is 33.4 Å². The average molecular weight is 401 g/mol. The van der Waals surface area contributed by atoms with Crippen molar-refractivity contribution < 1.29 is 0 Å². The highest BCUT2D eigenvalue weighted by molar-refractivity contribution is 7.08. The summed E-state index contributed by atoms with van der Waals surface area (Å²) in [4.78, 5) is 12.8. The van der Waals surface area contributed by atoms with Crippen LogP contribution < -0.4 is 5.32 Å². The number of pyridine rings is 1. The molecular weight excluding hydrogens is 380 g/mol. The zero-order valence-corrected chi connectivity index (χ0v) is 16.6. The first-order valence-electron chi connectivity index (χ1n) is 9.93. The van der Waals surface area contributed by atoms with Crippen molar-refractivity contribution in [2.45, 2.75) is 18.8 Å². The SMILES string of the molecule is c1cc(-c2ccsc2)c2nc(-c3n[nH]c4ccc(C5CCNCC5)cc34)[nH]c2n1. The van der Waals surface area contributed by atoms with Gasteiger partial charge in [-0.25, -0.2) is 9.97 Å². The Morgan fingerprint density at radius 2 is 2.00 bits per heavy atom. The lowest BCUT2D eigenvalue weighted by Crippen LogP contribution is -2.26. The first kappa shape index (κ1) is 16.9.